The lowest BCUT2D eigenvalue weighted by atomic mass is 9.80. The van der Waals surface area contributed by atoms with Crippen molar-refractivity contribution >= 4 is 46.4 Å². The Hall–Kier alpha value is -5.02. The van der Waals surface area contributed by atoms with Gasteiger partial charge in [0.2, 0.25) is 11.5 Å². The van der Waals surface area contributed by atoms with Gasteiger partial charge in [0.1, 0.15) is 17.5 Å². The van der Waals surface area contributed by atoms with Gasteiger partial charge in [0.25, 0.3) is 11.6 Å². The van der Waals surface area contributed by atoms with Crippen LogP contribution in [-0.2, 0) is 19.1 Å². The van der Waals surface area contributed by atoms with Crippen molar-refractivity contribution in [2.24, 2.45) is 0 Å². The molecule has 2 fully saturated rings. The molecule has 1 saturated carbocycles. The number of carbonyl (C=O) groups excluding carboxylic acids is 3. The molecule has 43 heavy (non-hydrogen) atoms. The van der Waals surface area contributed by atoms with E-state index in [9.17, 15) is 44.3 Å². The first-order valence-corrected chi connectivity index (χ1v) is 13.7. The number of nitro benzene ring substituents is 1. The van der Waals surface area contributed by atoms with Crippen LogP contribution in [0.3, 0.4) is 0 Å². The SMILES string of the molecule is CCOC(=O)N1CCN(C(=O)C(CCC(=O)O)NC(=O)c2cc(OC3(C(=O)O)CCC3)c3ccc([N+](=O)[O-])cc3n2)CC1. The summed E-state index contributed by atoms with van der Waals surface area (Å²) in [5.41, 5.74) is -2.19. The van der Waals surface area contributed by atoms with Crippen molar-refractivity contribution in [1.29, 1.82) is 0 Å². The Bertz CT molecular complexity index is 1450. The van der Waals surface area contributed by atoms with E-state index in [0.29, 0.717) is 6.42 Å². The van der Waals surface area contributed by atoms with E-state index < -0.39 is 52.8 Å². The molecule has 2 heterocycles. The van der Waals surface area contributed by atoms with Crippen molar-refractivity contribution in [2.75, 3.05) is 32.8 Å². The zero-order valence-electron chi connectivity index (χ0n) is 23.3. The highest BCUT2D eigenvalue weighted by Crippen LogP contribution is 2.40. The van der Waals surface area contributed by atoms with Crippen molar-refractivity contribution in [1.82, 2.24) is 20.1 Å². The molecule has 1 aliphatic carbocycles. The number of ether oxygens (including phenoxy) is 2. The number of aliphatic carboxylic acids is 2. The lowest BCUT2D eigenvalue weighted by molar-refractivity contribution is -0.384. The molecule has 1 aromatic heterocycles. The average molecular weight is 602 g/mol. The van der Waals surface area contributed by atoms with E-state index in [1.807, 2.05) is 0 Å². The fourth-order valence-electron chi connectivity index (χ4n) is 4.87. The molecule has 1 aliphatic heterocycles. The molecule has 0 radical (unpaired) electrons. The van der Waals surface area contributed by atoms with E-state index in [0.717, 1.165) is 6.07 Å². The van der Waals surface area contributed by atoms with Crippen molar-refractivity contribution in [3.63, 3.8) is 0 Å². The molecule has 3 N–H and O–H groups in total. The molecular weight excluding hydrogens is 570 g/mol. The fraction of sp³-hybridized carbons (Fsp3) is 0.481. The number of carboxylic acid groups (broad SMARTS) is 2. The molecule has 3 amide bonds. The molecule has 0 bridgehead atoms. The number of pyridine rings is 1. The number of non-ortho nitro benzene ring substituents is 1. The van der Waals surface area contributed by atoms with Gasteiger partial charge in [0.05, 0.1) is 17.0 Å². The fourth-order valence-corrected chi connectivity index (χ4v) is 4.87. The molecule has 16 heteroatoms. The highest BCUT2D eigenvalue weighted by atomic mass is 16.6. The molecule has 1 aromatic carbocycles. The van der Waals surface area contributed by atoms with E-state index in [2.05, 4.69) is 10.3 Å². The van der Waals surface area contributed by atoms with Crippen molar-refractivity contribution in [3.8, 4) is 5.75 Å². The van der Waals surface area contributed by atoms with Crippen molar-refractivity contribution in [2.45, 2.75) is 50.7 Å². The third kappa shape index (κ3) is 6.90. The maximum Gasteiger partial charge on any atom is 0.409 e. The first-order chi connectivity index (χ1) is 20.4. The monoisotopic (exact) mass is 601 g/mol. The second kappa shape index (κ2) is 12.9. The van der Waals surface area contributed by atoms with Gasteiger partial charge in [0.15, 0.2) is 0 Å². The van der Waals surface area contributed by atoms with Crippen molar-refractivity contribution < 1.29 is 48.6 Å². The van der Waals surface area contributed by atoms with Gasteiger partial charge in [-0.2, -0.15) is 0 Å². The molecule has 1 unspecified atom stereocenters. The first kappa shape index (κ1) is 30.9. The molecule has 230 valence electrons. The molecule has 4 rings (SSSR count). The number of carboxylic acids is 2. The number of hydrogen-bond donors (Lipinski definition) is 3. The number of nitrogens with one attached hydrogen (secondary N) is 1. The molecule has 2 aromatic rings. The molecule has 1 atom stereocenters. The van der Waals surface area contributed by atoms with Crippen LogP contribution in [0, 0.1) is 10.1 Å². The van der Waals surface area contributed by atoms with Crippen LogP contribution in [0.5, 0.6) is 5.75 Å². The van der Waals surface area contributed by atoms with Gasteiger partial charge in [-0.05, 0) is 38.7 Å². The quantitative estimate of drug-likeness (QED) is 0.248. The Morgan fingerprint density at radius 2 is 1.77 bits per heavy atom. The van der Waals surface area contributed by atoms with Crippen LogP contribution in [0.25, 0.3) is 10.9 Å². The van der Waals surface area contributed by atoms with E-state index in [-0.39, 0.29) is 80.1 Å². The van der Waals surface area contributed by atoms with Gasteiger partial charge in [-0.25, -0.2) is 14.6 Å². The van der Waals surface area contributed by atoms with Gasteiger partial charge in [-0.3, -0.25) is 24.5 Å². The van der Waals surface area contributed by atoms with Crippen LogP contribution in [0.4, 0.5) is 10.5 Å². The molecule has 2 aliphatic rings. The van der Waals surface area contributed by atoms with Gasteiger partial charge in [-0.15, -0.1) is 0 Å². The minimum Gasteiger partial charge on any atom is -0.481 e. The largest absolute Gasteiger partial charge is 0.481 e. The second-order valence-electron chi connectivity index (χ2n) is 10.2. The zero-order chi connectivity index (χ0) is 31.3. The van der Waals surface area contributed by atoms with Crippen LogP contribution >= 0.6 is 0 Å². The summed E-state index contributed by atoms with van der Waals surface area (Å²) in [6.07, 6.45) is -0.159. The lowest BCUT2D eigenvalue weighted by Gasteiger charge is -2.38. The molecule has 1 saturated heterocycles. The van der Waals surface area contributed by atoms with Crippen LogP contribution in [-0.4, -0.2) is 104 Å². The van der Waals surface area contributed by atoms with E-state index in [1.54, 1.807) is 6.92 Å². The van der Waals surface area contributed by atoms with E-state index >= 15 is 0 Å². The molecule has 0 spiro atoms. The smallest absolute Gasteiger partial charge is 0.409 e. The van der Waals surface area contributed by atoms with Gasteiger partial charge in [-0.1, -0.05) is 0 Å². The van der Waals surface area contributed by atoms with Crippen LogP contribution < -0.4 is 10.1 Å². The third-order valence-corrected chi connectivity index (χ3v) is 7.42. The number of rotatable bonds is 11. The minimum absolute atomic E-state index is 0.0137. The Balaban J connectivity index is 1.61. The maximum absolute atomic E-state index is 13.4. The van der Waals surface area contributed by atoms with Gasteiger partial charge in [0, 0.05) is 56.2 Å². The Morgan fingerprint density at radius 3 is 2.33 bits per heavy atom. The average Bonchev–Trinajstić information content (AvgIpc) is 2.95. The summed E-state index contributed by atoms with van der Waals surface area (Å²) < 4.78 is 10.9. The Morgan fingerprint density at radius 1 is 1.09 bits per heavy atom. The van der Waals surface area contributed by atoms with Crippen molar-refractivity contribution in [3.05, 3.63) is 40.1 Å². The molecule has 16 nitrogen and oxygen atoms in total. The van der Waals surface area contributed by atoms with Crippen LogP contribution in [0.1, 0.15) is 49.5 Å². The van der Waals surface area contributed by atoms with Crippen LogP contribution in [0.15, 0.2) is 24.3 Å². The van der Waals surface area contributed by atoms with Gasteiger partial charge < -0.3 is 34.8 Å². The number of nitrogens with zero attached hydrogens (tertiary/aromatic N) is 4. The van der Waals surface area contributed by atoms with Gasteiger partial charge >= 0.3 is 18.0 Å². The highest BCUT2D eigenvalue weighted by molar-refractivity contribution is 6.00. The predicted molar refractivity (Wildman–Crippen MR) is 147 cm³/mol. The summed E-state index contributed by atoms with van der Waals surface area (Å²) in [5, 5.41) is 33.1. The number of nitro groups is 1. The molecular formula is C27H31N5O11. The summed E-state index contributed by atoms with van der Waals surface area (Å²) in [5.74, 6) is -3.88. The highest BCUT2D eigenvalue weighted by Gasteiger charge is 2.47. The summed E-state index contributed by atoms with van der Waals surface area (Å²) in [6.45, 7) is 2.49. The second-order valence-corrected chi connectivity index (χ2v) is 10.2. The van der Waals surface area contributed by atoms with Crippen LogP contribution in [0.2, 0.25) is 0 Å². The zero-order valence-corrected chi connectivity index (χ0v) is 23.3. The lowest BCUT2D eigenvalue weighted by Crippen LogP contribution is -2.56. The normalized spacial score (nSPS) is 16.5. The third-order valence-electron chi connectivity index (χ3n) is 7.42. The maximum atomic E-state index is 13.4. The van der Waals surface area contributed by atoms with E-state index in [4.69, 9.17) is 9.47 Å². The number of piperazine rings is 1. The number of amides is 3. The number of benzene rings is 1. The Labute approximate surface area is 244 Å². The number of hydrogen-bond acceptors (Lipinski definition) is 10. The number of carbonyl (C=O) groups is 5. The topological polar surface area (TPSA) is 219 Å². The first-order valence-electron chi connectivity index (χ1n) is 13.7. The Kier molecular flexibility index (Phi) is 9.26. The standard InChI is InChI=1S/C27H31N5O11/c1-2-42-26(39)31-12-10-30(11-13-31)24(36)18(6-7-22(33)34)29-23(35)20-15-21(43-27(25(37)38)8-3-9-27)17-5-4-16(32(40)41)14-19(17)28-20/h4-5,14-15,18H,2-3,6-13H2,1H3,(H,29,35)(H,33,34)(H,37,38). The summed E-state index contributed by atoms with van der Waals surface area (Å²) in [6, 6.07) is 3.59. The summed E-state index contributed by atoms with van der Waals surface area (Å²) >= 11 is 0. The number of fused-ring (bicyclic) bond motifs is 1. The summed E-state index contributed by atoms with van der Waals surface area (Å²) in [4.78, 5) is 79.9. The minimum atomic E-state index is -1.53. The predicted octanol–water partition coefficient (Wildman–Crippen LogP) is 1.79. The van der Waals surface area contributed by atoms with E-state index in [1.165, 1.54) is 28.0 Å². The summed E-state index contributed by atoms with van der Waals surface area (Å²) in [7, 11) is 0. The number of aromatic nitrogens is 1.